The van der Waals surface area contributed by atoms with E-state index in [1.807, 2.05) is 0 Å². The smallest absolute Gasteiger partial charge is 0.161 e. The third-order valence-corrected chi connectivity index (χ3v) is 2.91. The van der Waals surface area contributed by atoms with Gasteiger partial charge in [-0.15, -0.1) is 0 Å². The molecule has 0 bridgehead atoms. The Balaban J connectivity index is 3.34. The standard InChI is InChI=1S/C7H20O2Si2/c1-4-5-6-7(8-10-2)9-11-3/h7H,4-6,10-11H2,1-3H3. The normalized spacial score (nSPS) is 15.5. The number of rotatable bonds is 7. The minimum atomic E-state index is -0.285. The number of unbranched alkanes of at least 4 members (excludes halogenated alkanes) is 1. The molecule has 0 aliphatic carbocycles. The first-order valence-electron chi connectivity index (χ1n) is 4.58. The number of hydrogen-bond acceptors (Lipinski definition) is 2. The summed E-state index contributed by atoms with van der Waals surface area (Å²) < 4.78 is 11.1. The van der Waals surface area contributed by atoms with E-state index in [0.717, 1.165) is 6.42 Å². The largest absolute Gasteiger partial charge is 0.401 e. The van der Waals surface area contributed by atoms with E-state index in [4.69, 9.17) is 8.85 Å². The summed E-state index contributed by atoms with van der Waals surface area (Å²) >= 11 is 0. The van der Waals surface area contributed by atoms with E-state index in [-0.39, 0.29) is 25.8 Å². The van der Waals surface area contributed by atoms with Gasteiger partial charge in [0, 0.05) is 0 Å². The van der Waals surface area contributed by atoms with Crippen molar-refractivity contribution in [3.8, 4) is 0 Å². The second kappa shape index (κ2) is 8.45. The average Bonchev–Trinajstić information content (AvgIpc) is 2.01. The molecular formula is C7H20O2Si2. The van der Waals surface area contributed by atoms with Gasteiger partial charge in [0.25, 0.3) is 0 Å². The van der Waals surface area contributed by atoms with Gasteiger partial charge in [-0.2, -0.15) is 0 Å². The van der Waals surface area contributed by atoms with Gasteiger partial charge in [0.05, 0.1) is 0 Å². The van der Waals surface area contributed by atoms with E-state index in [0.29, 0.717) is 0 Å². The van der Waals surface area contributed by atoms with Gasteiger partial charge in [-0.1, -0.05) is 26.4 Å². The van der Waals surface area contributed by atoms with Crippen LogP contribution in [0.4, 0.5) is 0 Å². The molecule has 0 amide bonds. The van der Waals surface area contributed by atoms with Gasteiger partial charge < -0.3 is 8.85 Å². The zero-order chi connectivity index (χ0) is 8.53. The average molecular weight is 192 g/mol. The van der Waals surface area contributed by atoms with E-state index < -0.39 is 0 Å². The molecule has 11 heavy (non-hydrogen) atoms. The summed E-state index contributed by atoms with van der Waals surface area (Å²) in [7, 11) is -0.569. The molecule has 2 nitrogen and oxygen atoms in total. The van der Waals surface area contributed by atoms with Crippen molar-refractivity contribution in [3.05, 3.63) is 0 Å². The maximum absolute atomic E-state index is 5.54. The second-order valence-corrected chi connectivity index (χ2v) is 4.30. The van der Waals surface area contributed by atoms with Gasteiger partial charge in [-0.3, -0.25) is 0 Å². The van der Waals surface area contributed by atoms with Crippen molar-refractivity contribution < 1.29 is 8.85 Å². The lowest BCUT2D eigenvalue weighted by Crippen LogP contribution is -2.19. The molecule has 0 rings (SSSR count). The lowest BCUT2D eigenvalue weighted by Gasteiger charge is -2.16. The molecule has 0 saturated carbocycles. The van der Waals surface area contributed by atoms with Crippen LogP contribution in [0.3, 0.4) is 0 Å². The molecule has 0 unspecified atom stereocenters. The summed E-state index contributed by atoms with van der Waals surface area (Å²) in [4.78, 5) is 0. The van der Waals surface area contributed by atoms with Crippen molar-refractivity contribution in [2.75, 3.05) is 0 Å². The molecule has 68 valence electrons. The Hall–Kier alpha value is 0.354. The van der Waals surface area contributed by atoms with Crippen LogP contribution in [0.15, 0.2) is 0 Å². The maximum atomic E-state index is 5.54. The van der Waals surface area contributed by atoms with Gasteiger partial charge in [-0.25, -0.2) is 0 Å². The summed E-state index contributed by atoms with van der Waals surface area (Å²) in [5.74, 6) is 0. The maximum Gasteiger partial charge on any atom is 0.161 e. The van der Waals surface area contributed by atoms with E-state index in [1.165, 1.54) is 12.8 Å². The molecule has 4 heteroatoms. The van der Waals surface area contributed by atoms with E-state index in [2.05, 4.69) is 20.0 Å². The quantitative estimate of drug-likeness (QED) is 0.439. The van der Waals surface area contributed by atoms with Gasteiger partial charge in [0.2, 0.25) is 0 Å². The summed E-state index contributed by atoms with van der Waals surface area (Å²) in [5.41, 5.74) is 0. The van der Waals surface area contributed by atoms with Crippen LogP contribution in [0.25, 0.3) is 0 Å². The highest BCUT2D eigenvalue weighted by Crippen LogP contribution is 2.04. The Morgan fingerprint density at radius 2 is 1.73 bits per heavy atom. The summed E-state index contributed by atoms with van der Waals surface area (Å²) in [5, 5.41) is 0. The van der Waals surface area contributed by atoms with Crippen LogP contribution in [0.5, 0.6) is 0 Å². The van der Waals surface area contributed by atoms with Crippen LogP contribution in [0.2, 0.25) is 13.1 Å². The van der Waals surface area contributed by atoms with Crippen molar-refractivity contribution >= 4 is 19.5 Å². The SMILES string of the molecule is CCCCC(O[SiH2]C)O[SiH2]C. The fourth-order valence-electron chi connectivity index (χ4n) is 0.957. The highest BCUT2D eigenvalue weighted by molar-refractivity contribution is 6.26. The van der Waals surface area contributed by atoms with E-state index in [1.54, 1.807) is 0 Å². The minimum absolute atomic E-state index is 0.156. The van der Waals surface area contributed by atoms with Crippen molar-refractivity contribution in [3.63, 3.8) is 0 Å². The molecule has 0 aliphatic rings. The zero-order valence-electron chi connectivity index (χ0n) is 7.93. The predicted molar refractivity (Wildman–Crippen MR) is 54.3 cm³/mol. The van der Waals surface area contributed by atoms with Gasteiger partial charge in [-0.05, 0) is 12.8 Å². The van der Waals surface area contributed by atoms with Crippen LogP contribution in [0, 0.1) is 0 Å². The molecule has 0 aliphatic heterocycles. The Morgan fingerprint density at radius 1 is 1.18 bits per heavy atom. The third kappa shape index (κ3) is 6.74. The van der Waals surface area contributed by atoms with Crippen LogP contribution in [-0.4, -0.2) is 25.8 Å². The predicted octanol–water partition coefficient (Wildman–Crippen LogP) is 0.800. The highest BCUT2D eigenvalue weighted by atomic mass is 28.2. The Labute approximate surface area is 74.6 Å². The lowest BCUT2D eigenvalue weighted by molar-refractivity contribution is 0.00354. The summed E-state index contributed by atoms with van der Waals surface area (Å²) in [6.45, 7) is 6.50. The summed E-state index contributed by atoms with van der Waals surface area (Å²) in [6.07, 6.45) is 3.72. The Bertz CT molecular complexity index is 74.8. The second-order valence-electron chi connectivity index (χ2n) is 2.48. The van der Waals surface area contributed by atoms with Crippen molar-refractivity contribution in [1.82, 2.24) is 0 Å². The molecule has 0 heterocycles. The first kappa shape index (κ1) is 11.4. The molecular weight excluding hydrogens is 172 g/mol. The van der Waals surface area contributed by atoms with Crippen molar-refractivity contribution in [2.45, 2.75) is 45.6 Å². The zero-order valence-corrected chi connectivity index (χ0v) is 10.8. The summed E-state index contributed by atoms with van der Waals surface area (Å²) in [6, 6.07) is 0. The van der Waals surface area contributed by atoms with Crippen molar-refractivity contribution in [1.29, 1.82) is 0 Å². The molecule has 0 radical (unpaired) electrons. The number of hydrogen-bond donors (Lipinski definition) is 0. The van der Waals surface area contributed by atoms with E-state index >= 15 is 0 Å². The van der Waals surface area contributed by atoms with Crippen LogP contribution in [0.1, 0.15) is 26.2 Å². The fraction of sp³-hybridized carbons (Fsp3) is 1.00. The molecule has 0 N–H and O–H groups in total. The van der Waals surface area contributed by atoms with Crippen LogP contribution < -0.4 is 0 Å². The van der Waals surface area contributed by atoms with Crippen LogP contribution in [-0.2, 0) is 8.85 Å². The van der Waals surface area contributed by atoms with Gasteiger partial charge >= 0.3 is 0 Å². The van der Waals surface area contributed by atoms with Crippen LogP contribution >= 0.6 is 0 Å². The first-order valence-corrected chi connectivity index (χ1v) is 8.56. The fourth-order valence-corrected chi connectivity index (χ4v) is 2.42. The molecule has 0 atom stereocenters. The third-order valence-electron chi connectivity index (χ3n) is 1.50. The molecule has 0 aromatic rings. The molecule has 0 saturated heterocycles. The topological polar surface area (TPSA) is 18.5 Å². The monoisotopic (exact) mass is 192 g/mol. The van der Waals surface area contributed by atoms with E-state index in [9.17, 15) is 0 Å². The first-order chi connectivity index (χ1) is 5.35. The Kier molecular flexibility index (Phi) is 8.72. The van der Waals surface area contributed by atoms with Gasteiger partial charge in [0.1, 0.15) is 6.29 Å². The Morgan fingerprint density at radius 3 is 2.09 bits per heavy atom. The minimum Gasteiger partial charge on any atom is -0.401 e. The molecule has 0 fully saturated rings. The molecule has 0 aromatic carbocycles. The molecule has 0 spiro atoms. The van der Waals surface area contributed by atoms with Gasteiger partial charge in [0.15, 0.2) is 19.5 Å². The lowest BCUT2D eigenvalue weighted by atomic mass is 10.2. The highest BCUT2D eigenvalue weighted by Gasteiger charge is 2.04. The molecule has 0 aromatic heterocycles. The van der Waals surface area contributed by atoms with Crippen molar-refractivity contribution in [2.24, 2.45) is 0 Å².